The van der Waals surface area contributed by atoms with Crippen molar-refractivity contribution in [2.24, 2.45) is 0 Å². The quantitative estimate of drug-likeness (QED) is 0.566. The van der Waals surface area contributed by atoms with Gasteiger partial charge in [0.05, 0.1) is 11.4 Å². The number of carbonyl (C=O) groups is 2. The monoisotopic (exact) mass is 503 g/mol. The molecule has 9 heteroatoms. The average molecular weight is 504 g/mol. The Morgan fingerprint density at radius 2 is 1.63 bits per heavy atom. The summed E-state index contributed by atoms with van der Waals surface area (Å²) in [5.41, 5.74) is 1.56. The van der Waals surface area contributed by atoms with Gasteiger partial charge in [0.2, 0.25) is 21.8 Å². The van der Waals surface area contributed by atoms with Crippen LogP contribution >= 0.6 is 0 Å². The van der Waals surface area contributed by atoms with Crippen LogP contribution in [0.5, 0.6) is 0 Å². The van der Waals surface area contributed by atoms with Crippen molar-refractivity contribution in [2.45, 2.75) is 69.5 Å². The first-order valence-corrected chi connectivity index (χ1v) is 13.4. The standard InChI is InChI=1S/C26H34FN3O4S/c1-19-9-15-24(16-10-19)35(33,34)29(3)18-25(31)30(17-21-11-13-22(27)14-12-21)20(2)26(32)28-23-7-5-4-6-8-23/h9-16,20,23H,4-8,17-18H2,1-3H3,(H,28,32)/t20-/m1/s1. The highest BCUT2D eigenvalue weighted by Crippen LogP contribution is 2.19. The molecule has 0 heterocycles. The molecule has 1 aliphatic carbocycles. The van der Waals surface area contributed by atoms with Gasteiger partial charge in [-0.25, -0.2) is 12.8 Å². The molecule has 2 aromatic rings. The molecule has 0 unspecified atom stereocenters. The lowest BCUT2D eigenvalue weighted by Gasteiger charge is -2.32. The van der Waals surface area contributed by atoms with Crippen LogP contribution in [0, 0.1) is 12.7 Å². The number of nitrogens with zero attached hydrogens (tertiary/aromatic N) is 2. The summed E-state index contributed by atoms with van der Waals surface area (Å²) in [6.45, 7) is 3.11. The number of aryl methyl sites for hydroxylation is 1. The Morgan fingerprint density at radius 1 is 1.03 bits per heavy atom. The molecule has 2 aromatic carbocycles. The first-order chi connectivity index (χ1) is 16.6. The molecule has 1 N–H and O–H groups in total. The van der Waals surface area contributed by atoms with Crippen molar-refractivity contribution in [3.05, 3.63) is 65.5 Å². The lowest BCUT2D eigenvalue weighted by Crippen LogP contribution is -2.52. The van der Waals surface area contributed by atoms with E-state index in [1.165, 1.54) is 36.2 Å². The molecule has 1 saturated carbocycles. The molecule has 2 amide bonds. The van der Waals surface area contributed by atoms with E-state index in [1.54, 1.807) is 31.2 Å². The SMILES string of the molecule is Cc1ccc(S(=O)(=O)N(C)CC(=O)N(Cc2ccc(F)cc2)[C@H](C)C(=O)NC2CCCCC2)cc1. The number of sulfonamides is 1. The van der Waals surface area contributed by atoms with E-state index < -0.39 is 34.3 Å². The Morgan fingerprint density at radius 3 is 2.23 bits per heavy atom. The molecule has 1 atom stereocenters. The highest BCUT2D eigenvalue weighted by atomic mass is 32.2. The second kappa shape index (κ2) is 11.8. The van der Waals surface area contributed by atoms with E-state index in [2.05, 4.69) is 5.32 Å². The predicted molar refractivity (Wildman–Crippen MR) is 132 cm³/mol. The van der Waals surface area contributed by atoms with Crippen LogP contribution < -0.4 is 5.32 Å². The normalized spacial score (nSPS) is 15.6. The van der Waals surface area contributed by atoms with Crippen molar-refractivity contribution in [2.75, 3.05) is 13.6 Å². The van der Waals surface area contributed by atoms with Gasteiger partial charge in [-0.3, -0.25) is 9.59 Å². The maximum atomic E-state index is 13.4. The summed E-state index contributed by atoms with van der Waals surface area (Å²) in [5, 5.41) is 3.04. The van der Waals surface area contributed by atoms with Crippen LogP contribution in [0.1, 0.15) is 50.2 Å². The van der Waals surface area contributed by atoms with E-state index in [1.807, 2.05) is 6.92 Å². The van der Waals surface area contributed by atoms with Crippen LogP contribution in [0.3, 0.4) is 0 Å². The molecule has 0 aliphatic heterocycles. The van der Waals surface area contributed by atoms with Crippen LogP contribution in [0.25, 0.3) is 0 Å². The fourth-order valence-corrected chi connectivity index (χ4v) is 5.31. The second-order valence-corrected chi connectivity index (χ2v) is 11.3. The van der Waals surface area contributed by atoms with Gasteiger partial charge in [-0.15, -0.1) is 0 Å². The van der Waals surface area contributed by atoms with E-state index >= 15 is 0 Å². The molecule has 3 rings (SSSR count). The van der Waals surface area contributed by atoms with Crippen LogP contribution in [-0.2, 0) is 26.2 Å². The van der Waals surface area contributed by atoms with Crippen molar-refractivity contribution >= 4 is 21.8 Å². The average Bonchev–Trinajstić information content (AvgIpc) is 2.84. The molecule has 7 nitrogen and oxygen atoms in total. The van der Waals surface area contributed by atoms with Gasteiger partial charge in [0.1, 0.15) is 11.9 Å². The maximum Gasteiger partial charge on any atom is 0.243 e. The fourth-order valence-electron chi connectivity index (χ4n) is 4.19. The van der Waals surface area contributed by atoms with Crippen LogP contribution in [0.4, 0.5) is 4.39 Å². The largest absolute Gasteiger partial charge is 0.352 e. The van der Waals surface area contributed by atoms with Crippen LogP contribution in [-0.4, -0.2) is 55.1 Å². The molecular weight excluding hydrogens is 469 g/mol. The summed E-state index contributed by atoms with van der Waals surface area (Å²) in [6, 6.07) is 11.3. The Hall–Kier alpha value is -2.78. The van der Waals surface area contributed by atoms with E-state index in [0.717, 1.165) is 42.0 Å². The van der Waals surface area contributed by atoms with E-state index in [0.29, 0.717) is 5.56 Å². The minimum atomic E-state index is -3.90. The number of nitrogens with one attached hydrogen (secondary N) is 1. The van der Waals surface area contributed by atoms with Crippen molar-refractivity contribution < 1.29 is 22.4 Å². The van der Waals surface area contributed by atoms with Crippen molar-refractivity contribution in [1.29, 1.82) is 0 Å². The van der Waals surface area contributed by atoms with Crippen molar-refractivity contribution in [3.8, 4) is 0 Å². The molecule has 1 aliphatic rings. The van der Waals surface area contributed by atoms with E-state index in [4.69, 9.17) is 0 Å². The summed E-state index contributed by atoms with van der Waals surface area (Å²) in [6.07, 6.45) is 5.07. The third-order valence-corrected chi connectivity index (χ3v) is 8.29. The Labute approximate surface area is 207 Å². The molecule has 190 valence electrons. The number of benzene rings is 2. The van der Waals surface area contributed by atoms with Gasteiger partial charge in [-0.2, -0.15) is 4.31 Å². The van der Waals surface area contributed by atoms with Crippen molar-refractivity contribution in [3.63, 3.8) is 0 Å². The first kappa shape index (κ1) is 26.8. The summed E-state index contributed by atoms with van der Waals surface area (Å²) < 4.78 is 40.4. The lowest BCUT2D eigenvalue weighted by molar-refractivity contribution is -0.141. The highest BCUT2D eigenvalue weighted by Gasteiger charge is 2.31. The van der Waals surface area contributed by atoms with Crippen LogP contribution in [0.2, 0.25) is 0 Å². The number of halogens is 1. The summed E-state index contributed by atoms with van der Waals surface area (Å²) in [4.78, 5) is 27.8. The third kappa shape index (κ3) is 7.11. The molecule has 0 spiro atoms. The molecular formula is C26H34FN3O4S. The Balaban J connectivity index is 1.78. The molecule has 0 saturated heterocycles. The van der Waals surface area contributed by atoms with Crippen molar-refractivity contribution in [1.82, 2.24) is 14.5 Å². The first-order valence-electron chi connectivity index (χ1n) is 11.9. The van der Waals surface area contributed by atoms with Gasteiger partial charge < -0.3 is 10.2 Å². The number of amides is 2. The smallest absolute Gasteiger partial charge is 0.243 e. The Kier molecular flexibility index (Phi) is 9.02. The molecule has 35 heavy (non-hydrogen) atoms. The minimum absolute atomic E-state index is 0.0524. The topological polar surface area (TPSA) is 86.8 Å². The van der Waals surface area contributed by atoms with E-state index in [9.17, 15) is 22.4 Å². The predicted octanol–water partition coefficient (Wildman–Crippen LogP) is 3.62. The van der Waals surface area contributed by atoms with Crippen LogP contribution in [0.15, 0.2) is 53.4 Å². The van der Waals surface area contributed by atoms with Gasteiger partial charge >= 0.3 is 0 Å². The Bertz CT molecular complexity index is 1110. The number of rotatable bonds is 9. The van der Waals surface area contributed by atoms with Gasteiger partial charge in [-0.1, -0.05) is 49.1 Å². The fraction of sp³-hybridized carbons (Fsp3) is 0.462. The molecule has 1 fully saturated rings. The van der Waals surface area contributed by atoms with Gasteiger partial charge in [-0.05, 0) is 56.5 Å². The zero-order chi connectivity index (χ0) is 25.6. The number of carbonyl (C=O) groups excluding carboxylic acids is 2. The third-order valence-electron chi connectivity index (χ3n) is 6.47. The number of hydrogen-bond donors (Lipinski definition) is 1. The molecule has 0 bridgehead atoms. The van der Waals surface area contributed by atoms with Gasteiger partial charge in [0.25, 0.3) is 0 Å². The minimum Gasteiger partial charge on any atom is -0.352 e. The van der Waals surface area contributed by atoms with Gasteiger partial charge in [0, 0.05) is 19.6 Å². The second-order valence-electron chi connectivity index (χ2n) is 9.24. The van der Waals surface area contributed by atoms with Gasteiger partial charge in [0.15, 0.2) is 0 Å². The highest BCUT2D eigenvalue weighted by molar-refractivity contribution is 7.89. The maximum absolute atomic E-state index is 13.4. The van der Waals surface area contributed by atoms with E-state index in [-0.39, 0.29) is 23.4 Å². The lowest BCUT2D eigenvalue weighted by atomic mass is 9.95. The number of hydrogen-bond acceptors (Lipinski definition) is 4. The summed E-state index contributed by atoms with van der Waals surface area (Å²) in [7, 11) is -2.55. The molecule has 0 aromatic heterocycles. The number of likely N-dealkylation sites (N-methyl/N-ethyl adjacent to an activating group) is 1. The zero-order valence-corrected chi connectivity index (χ0v) is 21.4. The molecule has 0 radical (unpaired) electrons. The summed E-state index contributed by atoms with van der Waals surface area (Å²) in [5.74, 6) is -1.20. The summed E-state index contributed by atoms with van der Waals surface area (Å²) >= 11 is 0. The zero-order valence-electron chi connectivity index (χ0n) is 20.5.